The summed E-state index contributed by atoms with van der Waals surface area (Å²) in [6.07, 6.45) is 7.49. The van der Waals surface area contributed by atoms with E-state index in [1.807, 2.05) is 25.8 Å². The number of amides is 1. The Morgan fingerprint density at radius 2 is 1.73 bits per heavy atom. The monoisotopic (exact) mass is 361 g/mol. The summed E-state index contributed by atoms with van der Waals surface area (Å²) in [6, 6.07) is 1.28. The number of nitrogen functional groups attached to an aromatic ring is 1. The molecule has 0 atom stereocenters. The molecule has 26 heavy (non-hydrogen) atoms. The van der Waals surface area contributed by atoms with Gasteiger partial charge in [-0.25, -0.2) is 0 Å². The van der Waals surface area contributed by atoms with Crippen molar-refractivity contribution in [2.75, 3.05) is 32.5 Å². The van der Waals surface area contributed by atoms with Gasteiger partial charge < -0.3 is 20.3 Å². The van der Waals surface area contributed by atoms with Crippen molar-refractivity contribution in [3.8, 4) is 6.01 Å². The highest BCUT2D eigenvalue weighted by atomic mass is 16.5. The number of nitrogens with zero attached hydrogens (tertiary/aromatic N) is 4. The Balaban J connectivity index is 1.47. The first kappa shape index (κ1) is 18.9. The van der Waals surface area contributed by atoms with E-state index in [-0.39, 0.29) is 18.5 Å². The molecule has 144 valence electrons. The van der Waals surface area contributed by atoms with Crippen molar-refractivity contribution >= 4 is 11.6 Å². The molecule has 1 aliphatic heterocycles. The Morgan fingerprint density at radius 1 is 1.15 bits per heavy atom. The Bertz CT molecular complexity index is 614. The maximum atomic E-state index is 12.5. The fraction of sp³-hybridized carbons (Fsp3) is 0.737. The van der Waals surface area contributed by atoms with Crippen molar-refractivity contribution in [2.45, 2.75) is 64.5 Å². The molecule has 0 unspecified atom stereocenters. The molecule has 1 amide bonds. The Morgan fingerprint density at radius 3 is 2.31 bits per heavy atom. The molecule has 3 rings (SSSR count). The van der Waals surface area contributed by atoms with E-state index in [0.29, 0.717) is 23.1 Å². The van der Waals surface area contributed by atoms with Crippen molar-refractivity contribution in [3.05, 3.63) is 11.4 Å². The van der Waals surface area contributed by atoms with Gasteiger partial charge in [-0.1, -0.05) is 12.8 Å². The van der Waals surface area contributed by atoms with E-state index in [4.69, 9.17) is 10.5 Å². The van der Waals surface area contributed by atoms with E-state index in [0.717, 1.165) is 32.0 Å². The normalized spacial score (nSPS) is 19.7. The van der Waals surface area contributed by atoms with Gasteiger partial charge in [0.25, 0.3) is 5.91 Å². The van der Waals surface area contributed by atoms with Gasteiger partial charge in [-0.15, -0.1) is 0 Å². The summed E-state index contributed by atoms with van der Waals surface area (Å²) in [5.74, 6) is -0.0277. The summed E-state index contributed by atoms with van der Waals surface area (Å²) in [5.41, 5.74) is 7.76. The lowest BCUT2D eigenvalue weighted by Crippen LogP contribution is -2.49. The highest BCUT2D eigenvalue weighted by molar-refractivity contribution is 5.77. The number of aryl methyl sites for hydroxylation is 2. The standard InChI is InChI=1S/C19H31N5O2/c1-13-18(20)14(2)22-19(21-13)26-12-17(25)23(3)15-8-10-24(11-9-15)16-6-4-5-7-16/h15-16H,4-12,20H2,1-3H3. The van der Waals surface area contributed by atoms with E-state index in [9.17, 15) is 4.79 Å². The minimum Gasteiger partial charge on any atom is -0.453 e. The molecule has 0 bridgehead atoms. The summed E-state index contributed by atoms with van der Waals surface area (Å²) in [5, 5.41) is 0. The van der Waals surface area contributed by atoms with Gasteiger partial charge in [-0.3, -0.25) is 4.79 Å². The first-order valence-electron chi connectivity index (χ1n) is 9.69. The average Bonchev–Trinajstić information content (AvgIpc) is 3.18. The van der Waals surface area contributed by atoms with Crippen LogP contribution >= 0.6 is 0 Å². The SMILES string of the molecule is Cc1nc(OCC(=O)N(C)C2CCN(C3CCCC3)CC2)nc(C)c1N. The largest absolute Gasteiger partial charge is 0.453 e. The molecule has 0 radical (unpaired) electrons. The summed E-state index contributed by atoms with van der Waals surface area (Å²) >= 11 is 0. The van der Waals surface area contributed by atoms with Crippen LogP contribution in [0.5, 0.6) is 6.01 Å². The van der Waals surface area contributed by atoms with Crippen LogP contribution < -0.4 is 10.5 Å². The number of likely N-dealkylation sites (N-methyl/N-ethyl adjacent to an activating group) is 1. The zero-order valence-corrected chi connectivity index (χ0v) is 16.2. The number of hydrogen-bond acceptors (Lipinski definition) is 6. The molecule has 7 nitrogen and oxygen atoms in total. The molecule has 0 spiro atoms. The molecule has 1 aromatic rings. The second-order valence-corrected chi connectivity index (χ2v) is 7.59. The first-order valence-corrected chi connectivity index (χ1v) is 9.69. The maximum absolute atomic E-state index is 12.5. The molecule has 0 aromatic carbocycles. The Labute approximate surface area is 155 Å². The topological polar surface area (TPSA) is 84.6 Å². The predicted octanol–water partition coefficient (Wildman–Crippen LogP) is 1.92. The van der Waals surface area contributed by atoms with Crippen LogP contribution in [0.2, 0.25) is 0 Å². The van der Waals surface area contributed by atoms with E-state index in [1.165, 1.54) is 25.7 Å². The second kappa shape index (κ2) is 8.20. The Kier molecular flexibility index (Phi) is 5.96. The molecular formula is C19H31N5O2. The van der Waals surface area contributed by atoms with E-state index < -0.39 is 0 Å². The van der Waals surface area contributed by atoms with Crippen LogP contribution in [0.4, 0.5) is 5.69 Å². The number of carbonyl (C=O) groups is 1. The number of nitrogens with two attached hydrogens (primary N) is 1. The van der Waals surface area contributed by atoms with Crippen LogP contribution in [0.15, 0.2) is 0 Å². The van der Waals surface area contributed by atoms with Crippen LogP contribution in [0, 0.1) is 13.8 Å². The zero-order chi connectivity index (χ0) is 18.7. The molecule has 1 saturated heterocycles. The van der Waals surface area contributed by atoms with Gasteiger partial charge in [0.2, 0.25) is 0 Å². The third-order valence-corrected chi connectivity index (χ3v) is 5.91. The average molecular weight is 361 g/mol. The Hall–Kier alpha value is -1.89. The molecule has 2 heterocycles. The third-order valence-electron chi connectivity index (χ3n) is 5.91. The highest BCUT2D eigenvalue weighted by Crippen LogP contribution is 2.27. The third kappa shape index (κ3) is 4.26. The molecule has 1 aromatic heterocycles. The quantitative estimate of drug-likeness (QED) is 0.862. The van der Waals surface area contributed by atoms with Gasteiger partial charge >= 0.3 is 6.01 Å². The van der Waals surface area contributed by atoms with Gasteiger partial charge in [0.1, 0.15) is 0 Å². The number of ether oxygens (including phenoxy) is 1. The molecular weight excluding hydrogens is 330 g/mol. The van der Waals surface area contributed by atoms with Gasteiger partial charge in [0.05, 0.1) is 17.1 Å². The zero-order valence-electron chi connectivity index (χ0n) is 16.2. The fourth-order valence-corrected chi connectivity index (χ4v) is 4.10. The number of likely N-dealkylation sites (tertiary alicyclic amines) is 1. The number of anilines is 1. The lowest BCUT2D eigenvalue weighted by atomic mass is 10.0. The van der Waals surface area contributed by atoms with Gasteiger partial charge in [0, 0.05) is 32.2 Å². The van der Waals surface area contributed by atoms with E-state index >= 15 is 0 Å². The van der Waals surface area contributed by atoms with Crippen LogP contribution in [0.3, 0.4) is 0 Å². The lowest BCUT2D eigenvalue weighted by Gasteiger charge is -2.39. The van der Waals surface area contributed by atoms with Crippen molar-refractivity contribution in [1.82, 2.24) is 19.8 Å². The van der Waals surface area contributed by atoms with Crippen LogP contribution in [-0.2, 0) is 4.79 Å². The molecule has 2 N–H and O–H groups in total. The minimum atomic E-state index is -0.0395. The van der Waals surface area contributed by atoms with Crippen molar-refractivity contribution in [2.24, 2.45) is 0 Å². The number of rotatable bonds is 5. The molecule has 7 heteroatoms. The van der Waals surface area contributed by atoms with Crippen molar-refractivity contribution < 1.29 is 9.53 Å². The smallest absolute Gasteiger partial charge is 0.317 e. The number of piperidine rings is 1. The second-order valence-electron chi connectivity index (χ2n) is 7.59. The summed E-state index contributed by atoms with van der Waals surface area (Å²) in [4.78, 5) is 25.3. The minimum absolute atomic E-state index is 0.0277. The first-order chi connectivity index (χ1) is 12.5. The van der Waals surface area contributed by atoms with E-state index in [2.05, 4.69) is 14.9 Å². The number of hydrogen-bond donors (Lipinski definition) is 1. The fourth-order valence-electron chi connectivity index (χ4n) is 4.10. The molecule has 1 aliphatic carbocycles. The molecule has 2 fully saturated rings. The number of carbonyl (C=O) groups excluding carboxylic acids is 1. The molecule has 1 saturated carbocycles. The number of aromatic nitrogens is 2. The maximum Gasteiger partial charge on any atom is 0.317 e. The van der Waals surface area contributed by atoms with Crippen LogP contribution in [-0.4, -0.2) is 64.5 Å². The summed E-state index contributed by atoms with van der Waals surface area (Å²) in [6.45, 7) is 5.76. The summed E-state index contributed by atoms with van der Waals surface area (Å²) in [7, 11) is 1.88. The van der Waals surface area contributed by atoms with Crippen LogP contribution in [0.1, 0.15) is 49.9 Å². The molecule has 2 aliphatic rings. The van der Waals surface area contributed by atoms with Crippen LogP contribution in [0.25, 0.3) is 0 Å². The predicted molar refractivity (Wildman–Crippen MR) is 101 cm³/mol. The highest BCUT2D eigenvalue weighted by Gasteiger charge is 2.30. The van der Waals surface area contributed by atoms with Crippen molar-refractivity contribution in [1.29, 1.82) is 0 Å². The van der Waals surface area contributed by atoms with Gasteiger partial charge in [-0.2, -0.15) is 9.97 Å². The van der Waals surface area contributed by atoms with E-state index in [1.54, 1.807) is 0 Å². The van der Waals surface area contributed by atoms with Crippen molar-refractivity contribution in [3.63, 3.8) is 0 Å². The lowest BCUT2D eigenvalue weighted by molar-refractivity contribution is -0.135. The van der Waals surface area contributed by atoms with Gasteiger partial charge in [-0.05, 0) is 39.5 Å². The summed E-state index contributed by atoms with van der Waals surface area (Å²) < 4.78 is 5.52. The van der Waals surface area contributed by atoms with Gasteiger partial charge in [0.15, 0.2) is 6.61 Å².